The monoisotopic (exact) mass is 168 g/mol. The quantitative estimate of drug-likeness (QED) is 0.386. The summed E-state index contributed by atoms with van der Waals surface area (Å²) in [5.74, 6) is 3.68. The highest BCUT2D eigenvalue weighted by atomic mass is 35.5. The predicted molar refractivity (Wildman–Crippen MR) is 46.6 cm³/mol. The molecule has 0 nitrogen and oxygen atoms in total. The normalized spacial score (nSPS) is 58.8. The van der Waals surface area contributed by atoms with Gasteiger partial charge in [0, 0.05) is 5.38 Å². The van der Waals surface area contributed by atoms with E-state index in [4.69, 9.17) is 11.6 Å². The van der Waals surface area contributed by atoms with Crippen molar-refractivity contribution in [1.82, 2.24) is 0 Å². The molecule has 0 aliphatic heterocycles. The molecule has 5 atom stereocenters. The summed E-state index contributed by atoms with van der Waals surface area (Å²) in [6.07, 6.45) is 8.84. The van der Waals surface area contributed by atoms with Gasteiger partial charge in [0.2, 0.25) is 0 Å². The zero-order valence-electron chi connectivity index (χ0n) is 6.54. The van der Waals surface area contributed by atoms with Crippen LogP contribution in [-0.2, 0) is 0 Å². The van der Waals surface area contributed by atoms with Crippen molar-refractivity contribution in [2.24, 2.45) is 23.7 Å². The first kappa shape index (κ1) is 6.54. The molecule has 3 rings (SSSR count). The molecule has 0 N–H and O–H groups in total. The van der Waals surface area contributed by atoms with Crippen LogP contribution in [0.4, 0.5) is 0 Å². The third-order valence-corrected chi connectivity index (χ3v) is 4.42. The fraction of sp³-hybridized carbons (Fsp3) is 0.800. The van der Waals surface area contributed by atoms with E-state index in [-0.39, 0.29) is 0 Å². The van der Waals surface area contributed by atoms with Crippen LogP contribution in [0.3, 0.4) is 0 Å². The van der Waals surface area contributed by atoms with Gasteiger partial charge in [-0.15, -0.1) is 11.6 Å². The van der Waals surface area contributed by atoms with Crippen molar-refractivity contribution in [3.05, 3.63) is 12.2 Å². The van der Waals surface area contributed by atoms with E-state index in [1.807, 2.05) is 0 Å². The average molecular weight is 169 g/mol. The Balaban J connectivity index is 1.94. The van der Waals surface area contributed by atoms with Crippen molar-refractivity contribution in [3.8, 4) is 0 Å². The Morgan fingerprint density at radius 2 is 2.09 bits per heavy atom. The first-order chi connectivity index (χ1) is 5.36. The minimum Gasteiger partial charge on any atom is -0.123 e. The van der Waals surface area contributed by atoms with Crippen LogP contribution >= 0.6 is 11.6 Å². The highest BCUT2D eigenvalue weighted by molar-refractivity contribution is 6.21. The van der Waals surface area contributed by atoms with Crippen molar-refractivity contribution in [2.45, 2.75) is 24.6 Å². The maximum absolute atomic E-state index is 6.25. The molecule has 2 saturated carbocycles. The maximum Gasteiger partial charge on any atom is 0.0370 e. The van der Waals surface area contributed by atoms with Crippen LogP contribution in [0.2, 0.25) is 0 Å². The number of allylic oxidation sites excluding steroid dienone is 2. The van der Waals surface area contributed by atoms with Gasteiger partial charge >= 0.3 is 0 Å². The molecular formula is C10H13Cl. The smallest absolute Gasteiger partial charge is 0.0370 e. The van der Waals surface area contributed by atoms with Gasteiger partial charge < -0.3 is 0 Å². The second kappa shape index (κ2) is 2.04. The van der Waals surface area contributed by atoms with E-state index in [0.29, 0.717) is 5.38 Å². The lowest BCUT2D eigenvalue weighted by atomic mass is 9.81. The first-order valence-corrected chi connectivity index (χ1v) is 5.10. The van der Waals surface area contributed by atoms with Crippen LogP contribution in [-0.4, -0.2) is 5.38 Å². The van der Waals surface area contributed by atoms with Gasteiger partial charge in [-0.05, 0) is 42.9 Å². The van der Waals surface area contributed by atoms with Gasteiger partial charge in [-0.3, -0.25) is 0 Å². The summed E-state index contributed by atoms with van der Waals surface area (Å²) in [6, 6.07) is 0. The number of alkyl halides is 1. The van der Waals surface area contributed by atoms with Crippen LogP contribution < -0.4 is 0 Å². The average Bonchev–Trinajstić information content (AvgIpc) is 2.52. The molecule has 0 radical (unpaired) electrons. The fourth-order valence-electron chi connectivity index (χ4n) is 3.47. The van der Waals surface area contributed by atoms with Gasteiger partial charge in [-0.1, -0.05) is 12.2 Å². The molecule has 0 aromatic rings. The van der Waals surface area contributed by atoms with Crippen molar-refractivity contribution < 1.29 is 0 Å². The Morgan fingerprint density at radius 1 is 1.18 bits per heavy atom. The lowest BCUT2D eigenvalue weighted by Crippen LogP contribution is -2.24. The highest BCUT2D eigenvalue weighted by Crippen LogP contribution is 2.57. The number of halogens is 1. The van der Waals surface area contributed by atoms with E-state index < -0.39 is 0 Å². The SMILES string of the molecule is ClC1CC2CC1C1CC=CC21. The Bertz CT molecular complexity index is 209. The van der Waals surface area contributed by atoms with Gasteiger partial charge in [0.25, 0.3) is 0 Å². The number of fused-ring (bicyclic) bond motifs is 5. The molecule has 3 aliphatic carbocycles. The maximum atomic E-state index is 6.25. The molecule has 0 aromatic heterocycles. The predicted octanol–water partition coefficient (Wildman–Crippen LogP) is 2.83. The lowest BCUT2D eigenvalue weighted by Gasteiger charge is -2.27. The molecule has 0 heterocycles. The molecular weight excluding hydrogens is 156 g/mol. The van der Waals surface area contributed by atoms with E-state index in [1.165, 1.54) is 19.3 Å². The van der Waals surface area contributed by atoms with Crippen molar-refractivity contribution >= 4 is 11.6 Å². The molecule has 2 fully saturated rings. The zero-order valence-corrected chi connectivity index (χ0v) is 7.30. The Morgan fingerprint density at radius 3 is 3.00 bits per heavy atom. The van der Waals surface area contributed by atoms with Gasteiger partial charge in [-0.2, -0.15) is 0 Å². The minimum absolute atomic E-state index is 0.515. The summed E-state index contributed by atoms with van der Waals surface area (Å²) >= 11 is 6.25. The van der Waals surface area contributed by atoms with Crippen molar-refractivity contribution in [2.75, 3.05) is 0 Å². The van der Waals surface area contributed by atoms with Crippen molar-refractivity contribution in [1.29, 1.82) is 0 Å². The molecule has 0 spiro atoms. The van der Waals surface area contributed by atoms with Gasteiger partial charge in [0.15, 0.2) is 0 Å². The molecule has 60 valence electrons. The topological polar surface area (TPSA) is 0 Å². The van der Waals surface area contributed by atoms with Gasteiger partial charge in [-0.25, -0.2) is 0 Å². The number of hydrogen-bond acceptors (Lipinski definition) is 0. The second-order valence-corrected chi connectivity index (χ2v) is 4.88. The lowest BCUT2D eigenvalue weighted by molar-refractivity contribution is 0.290. The van der Waals surface area contributed by atoms with Crippen LogP contribution in [0.15, 0.2) is 12.2 Å². The van der Waals surface area contributed by atoms with E-state index in [2.05, 4.69) is 12.2 Å². The Labute approximate surface area is 72.6 Å². The summed E-state index contributed by atoms with van der Waals surface area (Å²) in [5.41, 5.74) is 0. The highest BCUT2D eigenvalue weighted by Gasteiger charge is 2.51. The molecule has 3 aliphatic rings. The largest absolute Gasteiger partial charge is 0.123 e. The number of rotatable bonds is 0. The third kappa shape index (κ3) is 0.717. The fourth-order valence-corrected chi connectivity index (χ4v) is 3.99. The molecule has 0 aromatic carbocycles. The Hall–Kier alpha value is 0.0300. The summed E-state index contributed by atoms with van der Waals surface area (Å²) in [6.45, 7) is 0. The van der Waals surface area contributed by atoms with E-state index >= 15 is 0 Å². The second-order valence-electron chi connectivity index (χ2n) is 4.32. The van der Waals surface area contributed by atoms with Crippen LogP contribution in [0.25, 0.3) is 0 Å². The Kier molecular flexibility index (Phi) is 1.21. The molecule has 1 heteroatoms. The van der Waals surface area contributed by atoms with Gasteiger partial charge in [0.05, 0.1) is 0 Å². The molecule has 0 amide bonds. The standard InChI is InChI=1S/C10H13Cl/c11-10-5-6-4-9(10)8-3-1-2-7(6)8/h1-2,6-10H,3-5H2. The summed E-state index contributed by atoms with van der Waals surface area (Å²) < 4.78 is 0. The summed E-state index contributed by atoms with van der Waals surface area (Å²) in [7, 11) is 0. The first-order valence-electron chi connectivity index (χ1n) is 4.67. The molecule has 2 bridgehead atoms. The summed E-state index contributed by atoms with van der Waals surface area (Å²) in [4.78, 5) is 0. The van der Waals surface area contributed by atoms with Crippen LogP contribution in [0.5, 0.6) is 0 Å². The minimum atomic E-state index is 0.515. The molecule has 0 saturated heterocycles. The van der Waals surface area contributed by atoms with Crippen molar-refractivity contribution in [3.63, 3.8) is 0 Å². The van der Waals surface area contributed by atoms with E-state index in [9.17, 15) is 0 Å². The van der Waals surface area contributed by atoms with Crippen LogP contribution in [0, 0.1) is 23.7 Å². The molecule has 11 heavy (non-hydrogen) atoms. The van der Waals surface area contributed by atoms with E-state index in [1.54, 1.807) is 0 Å². The van der Waals surface area contributed by atoms with E-state index in [0.717, 1.165) is 23.7 Å². The zero-order chi connectivity index (χ0) is 7.42. The summed E-state index contributed by atoms with van der Waals surface area (Å²) in [5, 5.41) is 0.515. The van der Waals surface area contributed by atoms with Crippen LogP contribution in [0.1, 0.15) is 19.3 Å². The number of hydrogen-bond donors (Lipinski definition) is 0. The molecule has 5 unspecified atom stereocenters. The van der Waals surface area contributed by atoms with Gasteiger partial charge in [0.1, 0.15) is 0 Å². The third-order valence-electron chi connectivity index (χ3n) is 3.92.